The van der Waals surface area contributed by atoms with Gasteiger partial charge in [-0.25, -0.2) is 4.98 Å². The third-order valence-corrected chi connectivity index (χ3v) is 4.12. The number of aryl methyl sites for hydroxylation is 2. The maximum atomic E-state index is 12.5. The van der Waals surface area contributed by atoms with Gasteiger partial charge in [-0.3, -0.25) is 4.79 Å². The van der Waals surface area contributed by atoms with Crippen LogP contribution in [0.2, 0.25) is 0 Å². The van der Waals surface area contributed by atoms with E-state index in [0.29, 0.717) is 11.5 Å². The van der Waals surface area contributed by atoms with Crippen LogP contribution in [0.15, 0.2) is 46.5 Å². The molecule has 1 N–H and O–H groups in total. The van der Waals surface area contributed by atoms with Crippen LogP contribution in [0.4, 0.5) is 5.69 Å². The molecule has 0 aliphatic rings. The van der Waals surface area contributed by atoms with Crippen molar-refractivity contribution in [2.75, 3.05) is 5.32 Å². The van der Waals surface area contributed by atoms with E-state index in [-0.39, 0.29) is 5.91 Å². The molecule has 0 saturated carbocycles. The van der Waals surface area contributed by atoms with Gasteiger partial charge >= 0.3 is 0 Å². The minimum atomic E-state index is -0.260. The number of amides is 1. The summed E-state index contributed by atoms with van der Waals surface area (Å²) in [5, 5.41) is 4.86. The zero-order valence-electron chi connectivity index (χ0n) is 11.7. The predicted molar refractivity (Wildman–Crippen MR) is 83.7 cm³/mol. The molecule has 0 unspecified atom stereocenters. The van der Waals surface area contributed by atoms with Crippen LogP contribution in [0.5, 0.6) is 0 Å². The van der Waals surface area contributed by atoms with Gasteiger partial charge in [0.05, 0.1) is 4.88 Å². The van der Waals surface area contributed by atoms with Crippen molar-refractivity contribution in [1.82, 2.24) is 4.98 Å². The minimum Gasteiger partial charge on any atom is -0.442 e. The van der Waals surface area contributed by atoms with Gasteiger partial charge in [0.2, 0.25) is 0 Å². The quantitative estimate of drug-likeness (QED) is 0.785. The normalized spacial score (nSPS) is 10.6. The van der Waals surface area contributed by atoms with Crippen molar-refractivity contribution in [3.05, 3.63) is 58.9 Å². The van der Waals surface area contributed by atoms with Gasteiger partial charge < -0.3 is 9.73 Å². The average molecular weight is 298 g/mol. The van der Waals surface area contributed by atoms with Crippen molar-refractivity contribution in [3.63, 3.8) is 0 Å². The third-order valence-electron chi connectivity index (χ3n) is 3.25. The van der Waals surface area contributed by atoms with Crippen LogP contribution in [0.3, 0.4) is 0 Å². The summed E-state index contributed by atoms with van der Waals surface area (Å²) in [7, 11) is 0. The second-order valence-corrected chi connectivity index (χ2v) is 5.68. The van der Waals surface area contributed by atoms with E-state index in [4.69, 9.17) is 4.42 Å². The highest BCUT2D eigenvalue weighted by molar-refractivity contribution is 7.13. The molecule has 21 heavy (non-hydrogen) atoms. The van der Waals surface area contributed by atoms with Crippen LogP contribution in [0.25, 0.3) is 10.6 Å². The van der Waals surface area contributed by atoms with E-state index in [1.54, 1.807) is 0 Å². The second-order valence-electron chi connectivity index (χ2n) is 4.73. The molecule has 1 amide bonds. The summed E-state index contributed by atoms with van der Waals surface area (Å²) in [6.45, 7) is 3.93. The Morgan fingerprint density at radius 3 is 2.62 bits per heavy atom. The van der Waals surface area contributed by atoms with E-state index >= 15 is 0 Å². The zero-order chi connectivity index (χ0) is 14.8. The zero-order valence-corrected chi connectivity index (χ0v) is 12.5. The Balaban J connectivity index is 1.92. The number of nitrogens with zero attached hydrogens (tertiary/aromatic N) is 1. The van der Waals surface area contributed by atoms with Gasteiger partial charge in [-0.05, 0) is 36.4 Å². The number of thiophene rings is 1. The monoisotopic (exact) mass is 298 g/mol. The maximum Gasteiger partial charge on any atom is 0.278 e. The predicted octanol–water partition coefficient (Wildman–Crippen LogP) is 4.27. The Labute approximate surface area is 126 Å². The van der Waals surface area contributed by atoms with E-state index in [0.717, 1.165) is 21.7 Å². The number of rotatable bonds is 3. The molecule has 2 aromatic heterocycles. The molecule has 0 spiro atoms. The topological polar surface area (TPSA) is 55.1 Å². The third kappa shape index (κ3) is 2.60. The van der Waals surface area contributed by atoms with E-state index in [2.05, 4.69) is 10.3 Å². The van der Waals surface area contributed by atoms with Gasteiger partial charge in [-0.15, -0.1) is 11.3 Å². The Hall–Kier alpha value is -2.40. The van der Waals surface area contributed by atoms with Crippen LogP contribution in [-0.4, -0.2) is 10.9 Å². The summed E-state index contributed by atoms with van der Waals surface area (Å²) >= 11 is 1.51. The van der Waals surface area contributed by atoms with Crippen molar-refractivity contribution in [2.45, 2.75) is 13.8 Å². The van der Waals surface area contributed by atoms with Crippen molar-refractivity contribution < 1.29 is 9.21 Å². The number of anilines is 1. The van der Waals surface area contributed by atoms with Crippen molar-refractivity contribution in [2.24, 2.45) is 0 Å². The first-order valence-corrected chi connectivity index (χ1v) is 7.39. The molecule has 4 nitrogen and oxygen atoms in total. The lowest BCUT2D eigenvalue weighted by Crippen LogP contribution is -2.15. The van der Waals surface area contributed by atoms with E-state index in [1.807, 2.05) is 49.6 Å². The molecule has 0 radical (unpaired) electrons. The highest BCUT2D eigenvalue weighted by Crippen LogP contribution is 2.28. The van der Waals surface area contributed by atoms with Crippen molar-refractivity contribution >= 4 is 22.9 Å². The molecule has 0 bridgehead atoms. The van der Waals surface area contributed by atoms with Gasteiger partial charge in [0.15, 0.2) is 17.8 Å². The molecule has 5 heteroatoms. The van der Waals surface area contributed by atoms with Gasteiger partial charge in [-0.1, -0.05) is 24.3 Å². The number of nitrogens with one attached hydrogen (secondary N) is 1. The SMILES string of the molecule is Cc1cccc(C)c1NC(=O)c1ncoc1-c1cccs1. The van der Waals surface area contributed by atoms with Crippen LogP contribution in [0.1, 0.15) is 21.6 Å². The van der Waals surface area contributed by atoms with Crippen molar-refractivity contribution in [3.8, 4) is 10.6 Å². The number of benzene rings is 1. The second kappa shape index (κ2) is 5.54. The molecule has 106 valence electrons. The molecule has 3 aromatic rings. The number of oxazole rings is 1. The Morgan fingerprint density at radius 2 is 1.95 bits per heavy atom. The molecule has 3 rings (SSSR count). The maximum absolute atomic E-state index is 12.5. The van der Waals surface area contributed by atoms with E-state index < -0.39 is 0 Å². The fourth-order valence-corrected chi connectivity index (χ4v) is 2.89. The number of carbonyl (C=O) groups excluding carboxylic acids is 1. The Kier molecular flexibility index (Phi) is 3.58. The van der Waals surface area contributed by atoms with Gasteiger partial charge in [0.25, 0.3) is 5.91 Å². The molecule has 0 aliphatic carbocycles. The summed E-state index contributed by atoms with van der Waals surface area (Å²) in [4.78, 5) is 17.4. The van der Waals surface area contributed by atoms with Crippen LogP contribution in [0, 0.1) is 13.8 Å². The summed E-state index contributed by atoms with van der Waals surface area (Å²) in [6.07, 6.45) is 1.30. The number of hydrogen-bond donors (Lipinski definition) is 1. The molecule has 0 saturated heterocycles. The molecule has 0 fully saturated rings. The first-order valence-electron chi connectivity index (χ1n) is 6.51. The van der Waals surface area contributed by atoms with Gasteiger partial charge in [0.1, 0.15) is 0 Å². The molecule has 0 atom stereocenters. The Bertz CT molecular complexity index is 755. The standard InChI is InChI=1S/C16H14N2O2S/c1-10-5-3-6-11(2)13(10)18-16(19)14-15(20-9-17-14)12-7-4-8-21-12/h3-9H,1-2H3,(H,18,19). The highest BCUT2D eigenvalue weighted by Gasteiger charge is 2.20. The van der Waals surface area contributed by atoms with Crippen molar-refractivity contribution in [1.29, 1.82) is 0 Å². The molecule has 2 heterocycles. The minimum absolute atomic E-state index is 0.260. The average Bonchev–Trinajstić information content (AvgIpc) is 3.12. The summed E-state index contributed by atoms with van der Waals surface area (Å²) < 4.78 is 5.37. The smallest absolute Gasteiger partial charge is 0.278 e. The lowest BCUT2D eigenvalue weighted by molar-refractivity contribution is 0.102. The summed E-state index contributed by atoms with van der Waals surface area (Å²) in [5.74, 6) is 0.248. The Morgan fingerprint density at radius 1 is 1.19 bits per heavy atom. The van der Waals surface area contributed by atoms with E-state index in [1.165, 1.54) is 17.7 Å². The summed E-state index contributed by atoms with van der Waals surface area (Å²) in [6, 6.07) is 9.71. The van der Waals surface area contributed by atoms with Crippen LogP contribution < -0.4 is 5.32 Å². The summed E-state index contributed by atoms with van der Waals surface area (Å²) in [5.41, 5.74) is 3.16. The first-order chi connectivity index (χ1) is 10.2. The fraction of sp³-hybridized carbons (Fsp3) is 0.125. The molecule has 0 aliphatic heterocycles. The first kappa shape index (κ1) is 13.6. The van der Waals surface area contributed by atoms with Gasteiger partial charge in [0, 0.05) is 5.69 Å². The molecule has 1 aromatic carbocycles. The number of aromatic nitrogens is 1. The number of para-hydroxylation sites is 1. The van der Waals surface area contributed by atoms with Gasteiger partial charge in [-0.2, -0.15) is 0 Å². The largest absolute Gasteiger partial charge is 0.442 e. The van der Waals surface area contributed by atoms with Crippen LogP contribution >= 0.6 is 11.3 Å². The fourth-order valence-electron chi connectivity index (χ4n) is 2.17. The van der Waals surface area contributed by atoms with E-state index in [9.17, 15) is 4.79 Å². The highest BCUT2D eigenvalue weighted by atomic mass is 32.1. The number of carbonyl (C=O) groups is 1. The molecular weight excluding hydrogens is 284 g/mol. The molecular formula is C16H14N2O2S. The lowest BCUT2D eigenvalue weighted by atomic mass is 10.1. The lowest BCUT2D eigenvalue weighted by Gasteiger charge is -2.10. The van der Waals surface area contributed by atoms with Crippen LogP contribution in [-0.2, 0) is 0 Å². The number of hydrogen-bond acceptors (Lipinski definition) is 4.